The SMILES string of the molecule is N#Cc1ccc(N2CCC[C@H](N3CC[C@H]4OCCC[C@@H]4C3)C2=O)cc1. The molecule has 0 unspecified atom stereocenters. The molecule has 5 nitrogen and oxygen atoms in total. The summed E-state index contributed by atoms with van der Waals surface area (Å²) in [5, 5.41) is 8.95. The van der Waals surface area contributed by atoms with Crippen LogP contribution in [0.15, 0.2) is 24.3 Å². The van der Waals surface area contributed by atoms with Crippen LogP contribution < -0.4 is 4.90 Å². The van der Waals surface area contributed by atoms with Crippen LogP contribution >= 0.6 is 0 Å². The maximum absolute atomic E-state index is 13.1. The Bertz CT molecular complexity index is 667. The molecule has 132 valence electrons. The van der Waals surface area contributed by atoms with Crippen molar-refractivity contribution in [1.82, 2.24) is 4.90 Å². The first-order valence-corrected chi connectivity index (χ1v) is 9.43. The molecule has 3 fully saturated rings. The highest BCUT2D eigenvalue weighted by Gasteiger charge is 2.39. The van der Waals surface area contributed by atoms with Crippen molar-refractivity contribution in [2.45, 2.75) is 44.2 Å². The summed E-state index contributed by atoms with van der Waals surface area (Å²) in [5.41, 5.74) is 1.54. The van der Waals surface area contributed by atoms with Crippen LogP contribution in [0.2, 0.25) is 0 Å². The van der Waals surface area contributed by atoms with Crippen molar-refractivity contribution in [2.75, 3.05) is 31.1 Å². The quantitative estimate of drug-likeness (QED) is 0.831. The Morgan fingerprint density at radius 1 is 1.08 bits per heavy atom. The van der Waals surface area contributed by atoms with Crippen molar-refractivity contribution in [3.05, 3.63) is 29.8 Å². The van der Waals surface area contributed by atoms with Crippen molar-refractivity contribution in [3.63, 3.8) is 0 Å². The summed E-state index contributed by atoms with van der Waals surface area (Å²) >= 11 is 0. The van der Waals surface area contributed by atoms with Crippen LogP contribution in [0.5, 0.6) is 0 Å². The number of hydrogen-bond acceptors (Lipinski definition) is 4. The van der Waals surface area contributed by atoms with E-state index in [0.29, 0.717) is 17.6 Å². The highest BCUT2D eigenvalue weighted by molar-refractivity contribution is 5.98. The fraction of sp³-hybridized carbons (Fsp3) is 0.600. The number of piperidine rings is 2. The van der Waals surface area contributed by atoms with Gasteiger partial charge in [0.2, 0.25) is 5.91 Å². The normalized spacial score (nSPS) is 30.6. The van der Waals surface area contributed by atoms with Crippen molar-refractivity contribution in [1.29, 1.82) is 5.26 Å². The van der Waals surface area contributed by atoms with Crippen molar-refractivity contribution < 1.29 is 9.53 Å². The topological polar surface area (TPSA) is 56.6 Å². The minimum absolute atomic E-state index is 0.00716. The van der Waals surface area contributed by atoms with Crippen LogP contribution in [0.25, 0.3) is 0 Å². The molecule has 0 aromatic heterocycles. The molecule has 0 spiro atoms. The highest BCUT2D eigenvalue weighted by atomic mass is 16.5. The van der Waals surface area contributed by atoms with Crippen molar-refractivity contribution in [2.24, 2.45) is 5.92 Å². The van der Waals surface area contributed by atoms with Crippen LogP contribution in [-0.2, 0) is 9.53 Å². The van der Waals surface area contributed by atoms with Gasteiger partial charge in [0.25, 0.3) is 0 Å². The molecule has 3 atom stereocenters. The lowest BCUT2D eigenvalue weighted by Gasteiger charge is -2.45. The number of carbonyl (C=O) groups is 1. The summed E-state index contributed by atoms with van der Waals surface area (Å²) in [7, 11) is 0. The summed E-state index contributed by atoms with van der Waals surface area (Å²) in [6.45, 7) is 3.61. The van der Waals surface area contributed by atoms with Crippen molar-refractivity contribution >= 4 is 11.6 Å². The molecule has 0 bridgehead atoms. The molecule has 3 saturated heterocycles. The van der Waals surface area contributed by atoms with E-state index < -0.39 is 0 Å². The smallest absolute Gasteiger partial charge is 0.244 e. The summed E-state index contributed by atoms with van der Waals surface area (Å²) in [5.74, 6) is 0.798. The Morgan fingerprint density at radius 2 is 1.92 bits per heavy atom. The second kappa shape index (κ2) is 7.15. The summed E-state index contributed by atoms with van der Waals surface area (Å²) in [6, 6.07) is 9.48. The zero-order valence-corrected chi connectivity index (χ0v) is 14.6. The predicted molar refractivity (Wildman–Crippen MR) is 95.2 cm³/mol. The Labute approximate surface area is 149 Å². The lowest BCUT2D eigenvalue weighted by atomic mass is 9.87. The minimum Gasteiger partial charge on any atom is -0.378 e. The molecular formula is C20H25N3O2. The third-order valence-corrected chi connectivity index (χ3v) is 5.91. The van der Waals surface area contributed by atoms with Gasteiger partial charge in [0.1, 0.15) is 0 Å². The largest absolute Gasteiger partial charge is 0.378 e. The van der Waals surface area contributed by atoms with Gasteiger partial charge in [-0.15, -0.1) is 0 Å². The summed E-state index contributed by atoms with van der Waals surface area (Å²) in [4.78, 5) is 17.4. The second-order valence-corrected chi connectivity index (χ2v) is 7.40. The molecule has 4 rings (SSSR count). The maximum Gasteiger partial charge on any atom is 0.244 e. The van der Waals surface area contributed by atoms with Crippen LogP contribution in [0.3, 0.4) is 0 Å². The number of benzene rings is 1. The Kier molecular flexibility index (Phi) is 4.74. The summed E-state index contributed by atoms with van der Waals surface area (Å²) in [6.07, 6.45) is 5.79. The van der Waals surface area contributed by atoms with Gasteiger partial charge in [-0.3, -0.25) is 9.69 Å². The summed E-state index contributed by atoms with van der Waals surface area (Å²) < 4.78 is 5.91. The first kappa shape index (κ1) is 16.6. The van der Waals surface area contributed by atoms with Gasteiger partial charge >= 0.3 is 0 Å². The number of nitriles is 1. The molecule has 0 aliphatic carbocycles. The van der Waals surface area contributed by atoms with E-state index in [9.17, 15) is 4.79 Å². The maximum atomic E-state index is 13.1. The van der Waals surface area contributed by atoms with Gasteiger partial charge in [-0.05, 0) is 62.3 Å². The lowest BCUT2D eigenvalue weighted by Crippen LogP contribution is -2.57. The van der Waals surface area contributed by atoms with Gasteiger partial charge in [-0.25, -0.2) is 0 Å². The van der Waals surface area contributed by atoms with Crippen LogP contribution in [-0.4, -0.2) is 49.2 Å². The Morgan fingerprint density at radius 3 is 2.72 bits per heavy atom. The minimum atomic E-state index is -0.00716. The average Bonchev–Trinajstić information content (AvgIpc) is 2.68. The highest BCUT2D eigenvalue weighted by Crippen LogP contribution is 2.32. The zero-order valence-electron chi connectivity index (χ0n) is 14.6. The van der Waals surface area contributed by atoms with Gasteiger partial charge < -0.3 is 9.64 Å². The van der Waals surface area contributed by atoms with E-state index in [-0.39, 0.29) is 11.9 Å². The molecule has 1 amide bonds. The third kappa shape index (κ3) is 3.29. The number of hydrogen-bond donors (Lipinski definition) is 0. The molecule has 1 aromatic rings. The molecule has 3 aliphatic rings. The number of carbonyl (C=O) groups excluding carboxylic acids is 1. The van der Waals surface area contributed by atoms with E-state index >= 15 is 0 Å². The third-order valence-electron chi connectivity index (χ3n) is 5.91. The Balaban J connectivity index is 1.47. The molecule has 25 heavy (non-hydrogen) atoms. The fourth-order valence-corrected chi connectivity index (χ4v) is 4.57. The Hall–Kier alpha value is -1.90. The molecule has 5 heteroatoms. The molecule has 0 N–H and O–H groups in total. The lowest BCUT2D eigenvalue weighted by molar-refractivity contribution is -0.129. The number of likely N-dealkylation sites (tertiary alicyclic amines) is 1. The number of fused-ring (bicyclic) bond motifs is 1. The molecule has 1 aromatic carbocycles. The zero-order chi connectivity index (χ0) is 17.2. The number of nitrogens with zero attached hydrogens (tertiary/aromatic N) is 3. The van der Waals surface area contributed by atoms with E-state index in [0.717, 1.165) is 57.6 Å². The van der Waals surface area contributed by atoms with E-state index in [4.69, 9.17) is 10.00 Å². The number of ether oxygens (including phenoxy) is 1. The van der Waals surface area contributed by atoms with E-state index in [1.54, 1.807) is 12.1 Å². The van der Waals surface area contributed by atoms with E-state index in [1.165, 1.54) is 6.42 Å². The molecule has 0 radical (unpaired) electrons. The van der Waals surface area contributed by atoms with Gasteiger partial charge in [-0.2, -0.15) is 5.26 Å². The van der Waals surface area contributed by atoms with Crippen LogP contribution in [0, 0.1) is 17.2 Å². The molecule has 3 heterocycles. The van der Waals surface area contributed by atoms with Gasteiger partial charge in [0.05, 0.1) is 23.8 Å². The van der Waals surface area contributed by atoms with Gasteiger partial charge in [0.15, 0.2) is 0 Å². The van der Waals surface area contributed by atoms with Gasteiger partial charge in [-0.1, -0.05) is 0 Å². The molecular weight excluding hydrogens is 314 g/mol. The second-order valence-electron chi connectivity index (χ2n) is 7.40. The molecule has 0 saturated carbocycles. The van der Waals surface area contributed by atoms with Crippen LogP contribution in [0.1, 0.15) is 37.7 Å². The fourth-order valence-electron chi connectivity index (χ4n) is 4.57. The monoisotopic (exact) mass is 339 g/mol. The molecule has 3 aliphatic heterocycles. The van der Waals surface area contributed by atoms with Crippen LogP contribution in [0.4, 0.5) is 5.69 Å². The van der Waals surface area contributed by atoms with E-state index in [2.05, 4.69) is 11.0 Å². The van der Waals surface area contributed by atoms with E-state index in [1.807, 2.05) is 17.0 Å². The number of anilines is 1. The predicted octanol–water partition coefficient (Wildman–Crippen LogP) is 2.55. The van der Waals surface area contributed by atoms with Crippen molar-refractivity contribution in [3.8, 4) is 6.07 Å². The first-order chi connectivity index (χ1) is 12.3. The standard InChI is InChI=1S/C20H25N3O2/c21-13-15-5-7-17(8-6-15)23-10-1-4-18(20(23)24)22-11-9-19-16(14-22)3-2-12-25-19/h5-8,16,18-19H,1-4,9-12,14H2/t16-,18+,19-/m1/s1. The number of rotatable bonds is 2. The average molecular weight is 339 g/mol. The van der Waals surface area contributed by atoms with Gasteiger partial charge in [0, 0.05) is 31.9 Å². The number of amides is 1. The first-order valence-electron chi connectivity index (χ1n) is 9.43.